The topological polar surface area (TPSA) is 171 Å². The molecule has 0 bridgehead atoms. The van der Waals surface area contributed by atoms with Gasteiger partial charge in [-0.1, -0.05) is 66.8 Å². The van der Waals surface area contributed by atoms with Crippen LogP contribution in [0.2, 0.25) is 0 Å². The molecule has 3 fully saturated rings. The van der Waals surface area contributed by atoms with Crippen LogP contribution in [0.4, 0.5) is 17.1 Å². The molecular formula is C42H60BrN3O9. The summed E-state index contributed by atoms with van der Waals surface area (Å²) in [6.45, 7) is 9.28. The van der Waals surface area contributed by atoms with E-state index in [0.717, 1.165) is 49.3 Å². The van der Waals surface area contributed by atoms with Crippen LogP contribution in [0, 0.1) is 43.4 Å². The maximum Gasteiger partial charge on any atom is 0.316 e. The number of nitro groups is 2. The summed E-state index contributed by atoms with van der Waals surface area (Å²) < 4.78 is 11.3. The summed E-state index contributed by atoms with van der Waals surface area (Å²) in [5.41, 5.74) is 2.92. The van der Waals surface area contributed by atoms with E-state index in [1.807, 2.05) is 19.9 Å². The van der Waals surface area contributed by atoms with Gasteiger partial charge in [-0.3, -0.25) is 29.8 Å². The highest BCUT2D eigenvalue weighted by molar-refractivity contribution is 9.09. The molecule has 55 heavy (non-hydrogen) atoms. The number of non-ortho nitro benzene ring substituents is 1. The smallest absolute Gasteiger partial charge is 0.316 e. The van der Waals surface area contributed by atoms with Gasteiger partial charge in [0.1, 0.15) is 23.7 Å². The minimum Gasteiger partial charge on any atom is -0.461 e. The van der Waals surface area contributed by atoms with E-state index in [0.29, 0.717) is 56.4 Å². The number of fused-ring (bicyclic) bond motifs is 1. The van der Waals surface area contributed by atoms with Crippen LogP contribution in [-0.2, 0) is 19.1 Å². The zero-order valence-electron chi connectivity index (χ0n) is 33.0. The van der Waals surface area contributed by atoms with E-state index in [-0.39, 0.29) is 58.9 Å². The van der Waals surface area contributed by atoms with Gasteiger partial charge in [-0.15, -0.1) is 0 Å². The molecule has 1 aromatic carbocycles. The van der Waals surface area contributed by atoms with Crippen LogP contribution in [0.25, 0.3) is 0 Å². The number of nitrogens with one attached hydrogen (secondary N) is 1. The molecule has 12 nitrogen and oxygen atoms in total. The van der Waals surface area contributed by atoms with Gasteiger partial charge in [0.15, 0.2) is 0 Å². The van der Waals surface area contributed by atoms with Crippen molar-refractivity contribution in [2.75, 3.05) is 23.8 Å². The third-order valence-corrected chi connectivity index (χ3v) is 12.5. The summed E-state index contributed by atoms with van der Waals surface area (Å²) in [6, 6.07) is 3.50. The minimum absolute atomic E-state index is 0.154. The van der Waals surface area contributed by atoms with E-state index in [2.05, 4.69) is 47.2 Å². The van der Waals surface area contributed by atoms with Crippen molar-refractivity contribution in [2.45, 2.75) is 136 Å². The lowest BCUT2D eigenvalue weighted by molar-refractivity contribution is -0.393. The monoisotopic (exact) mass is 829 g/mol. The number of carbonyl (C=O) groups excluding carboxylic acids is 2. The van der Waals surface area contributed by atoms with Crippen molar-refractivity contribution in [1.82, 2.24) is 0 Å². The van der Waals surface area contributed by atoms with Crippen molar-refractivity contribution in [3.63, 3.8) is 0 Å². The Morgan fingerprint density at radius 1 is 1.05 bits per heavy atom. The quantitative estimate of drug-likeness (QED) is 0.0450. The first-order valence-corrected chi connectivity index (χ1v) is 21.1. The summed E-state index contributed by atoms with van der Waals surface area (Å²) in [4.78, 5) is 45.7. The van der Waals surface area contributed by atoms with Gasteiger partial charge >= 0.3 is 11.9 Å². The average Bonchev–Trinajstić information content (AvgIpc) is 3.49. The molecular weight excluding hydrogens is 770 g/mol. The fraction of sp³-hybridized carbons (Fsp3) is 0.667. The second-order valence-corrected chi connectivity index (χ2v) is 17.1. The van der Waals surface area contributed by atoms with E-state index in [1.54, 1.807) is 0 Å². The molecule has 13 heteroatoms. The van der Waals surface area contributed by atoms with Crippen molar-refractivity contribution in [1.29, 1.82) is 0 Å². The normalized spacial score (nSPS) is 25.4. The maximum absolute atomic E-state index is 12.6. The Balaban J connectivity index is 1.31. The molecule has 2 N–H and O–H groups in total. The van der Waals surface area contributed by atoms with Crippen molar-refractivity contribution < 1.29 is 34.0 Å². The molecule has 0 radical (unpaired) electrons. The Labute approximate surface area is 334 Å². The predicted octanol–water partition coefficient (Wildman–Crippen LogP) is 10.1. The fourth-order valence-electron chi connectivity index (χ4n) is 9.20. The standard InChI is InChI=1S/C42H60BrN3O9/c1-29(10-8-22-41(2,3)49)35-18-19-36-31(11-9-23-42(35,36)4)13-14-32-26-34(55-40(48)28-43)17-15-30(32)21-25-54-39(47)12-6-5-7-24-44-37-20-16-33(45(50)51)27-38(37)46(52)53/h13-14,16,20-21,27,29,34-36,44,49H,5-12,15,17-19,22-26,28H2,1-4H3/b30-21+,31-13+,32-14-/t29?,34-,35+,36?,42+/m0/s1. The lowest BCUT2D eigenvalue weighted by atomic mass is 9.60. The highest BCUT2D eigenvalue weighted by Crippen LogP contribution is 2.60. The largest absolute Gasteiger partial charge is 0.461 e. The molecule has 3 aliphatic rings. The molecule has 3 aliphatic carbocycles. The van der Waals surface area contributed by atoms with Crippen LogP contribution in [-0.4, -0.2) is 57.1 Å². The predicted molar refractivity (Wildman–Crippen MR) is 217 cm³/mol. The number of benzene rings is 1. The average molecular weight is 831 g/mol. The number of carbonyl (C=O) groups is 2. The lowest BCUT2D eigenvalue weighted by Crippen LogP contribution is -2.36. The zero-order valence-corrected chi connectivity index (χ0v) is 34.6. The molecule has 0 aromatic heterocycles. The van der Waals surface area contributed by atoms with Gasteiger partial charge in [0.25, 0.3) is 11.4 Å². The van der Waals surface area contributed by atoms with Gasteiger partial charge in [-0.25, -0.2) is 0 Å². The molecule has 4 rings (SSSR count). The van der Waals surface area contributed by atoms with Gasteiger partial charge in [0.2, 0.25) is 0 Å². The van der Waals surface area contributed by atoms with E-state index in [9.17, 15) is 34.9 Å². The van der Waals surface area contributed by atoms with Crippen LogP contribution in [0.5, 0.6) is 0 Å². The Morgan fingerprint density at radius 2 is 1.84 bits per heavy atom. The van der Waals surface area contributed by atoms with Gasteiger partial charge in [0, 0.05) is 25.5 Å². The minimum atomic E-state index is -0.669. The van der Waals surface area contributed by atoms with Crippen molar-refractivity contribution in [3.05, 3.63) is 73.4 Å². The van der Waals surface area contributed by atoms with E-state index < -0.39 is 15.4 Å². The second-order valence-electron chi connectivity index (χ2n) is 16.6. The molecule has 0 aliphatic heterocycles. The van der Waals surface area contributed by atoms with Gasteiger partial charge in [-0.05, 0) is 125 Å². The van der Waals surface area contributed by atoms with E-state index >= 15 is 0 Å². The summed E-state index contributed by atoms with van der Waals surface area (Å²) in [5, 5.41) is 35.7. The Bertz CT molecular complexity index is 1620. The number of esters is 2. The number of hydrogen-bond donors (Lipinski definition) is 2. The van der Waals surface area contributed by atoms with Crippen LogP contribution < -0.4 is 5.32 Å². The van der Waals surface area contributed by atoms with Crippen LogP contribution in [0.1, 0.15) is 124 Å². The summed E-state index contributed by atoms with van der Waals surface area (Å²) in [6.07, 6.45) is 19.6. The molecule has 0 amide bonds. The first-order chi connectivity index (χ1) is 26.1. The van der Waals surface area contributed by atoms with Crippen LogP contribution >= 0.6 is 15.9 Å². The van der Waals surface area contributed by atoms with Gasteiger partial charge in [-0.2, -0.15) is 0 Å². The van der Waals surface area contributed by atoms with Crippen molar-refractivity contribution >= 4 is 44.9 Å². The second kappa shape index (κ2) is 20.5. The molecule has 5 atom stereocenters. The van der Waals surface area contributed by atoms with E-state index in [4.69, 9.17) is 9.47 Å². The third kappa shape index (κ3) is 13.0. The highest BCUT2D eigenvalue weighted by atomic mass is 79.9. The number of hydrogen-bond acceptors (Lipinski definition) is 10. The third-order valence-electron chi connectivity index (χ3n) is 12.0. The number of unbranched alkanes of at least 4 members (excludes halogenated alkanes) is 2. The number of ether oxygens (including phenoxy) is 2. The summed E-state index contributed by atoms with van der Waals surface area (Å²) >= 11 is 3.21. The van der Waals surface area contributed by atoms with Crippen LogP contribution in [0.15, 0.2) is 53.1 Å². The molecule has 2 unspecified atom stereocenters. The number of nitro benzene ring substituents is 2. The molecule has 1 aromatic rings. The number of alkyl halides is 1. The molecule has 0 saturated heterocycles. The number of allylic oxidation sites excluding steroid dienone is 4. The number of halogens is 1. The Hall–Kier alpha value is -3.58. The van der Waals surface area contributed by atoms with E-state index in [1.165, 1.54) is 43.4 Å². The zero-order chi connectivity index (χ0) is 40.2. The number of nitrogens with zero attached hydrogens (tertiary/aromatic N) is 2. The van der Waals surface area contributed by atoms with Crippen molar-refractivity contribution in [3.8, 4) is 0 Å². The number of anilines is 1. The van der Waals surface area contributed by atoms with Crippen molar-refractivity contribution in [2.24, 2.45) is 23.2 Å². The highest BCUT2D eigenvalue weighted by Gasteiger charge is 2.50. The molecule has 3 saturated carbocycles. The lowest BCUT2D eigenvalue weighted by Gasteiger charge is -2.44. The fourth-order valence-corrected chi connectivity index (χ4v) is 9.33. The first-order valence-electron chi connectivity index (χ1n) is 20.0. The first kappa shape index (κ1) is 44.1. The maximum atomic E-state index is 12.6. The Morgan fingerprint density at radius 3 is 2.55 bits per heavy atom. The van der Waals surface area contributed by atoms with Gasteiger partial charge < -0.3 is 19.9 Å². The molecule has 0 spiro atoms. The summed E-state index contributed by atoms with van der Waals surface area (Å²) in [7, 11) is 0. The SMILES string of the molecule is CC(CCCC(C)(C)O)[C@H]1CCC2/C(=C/C=C3/C[C@@H](OC(=O)CBr)CC/C3=C\COC(=O)CCCCCNc3ccc([N+](=O)[O-])cc3[N+](=O)[O-])CCC[C@@]21C. The Kier molecular flexibility index (Phi) is 16.5. The molecule has 304 valence electrons. The number of aliphatic hydroxyl groups is 1. The van der Waals surface area contributed by atoms with Crippen LogP contribution in [0.3, 0.4) is 0 Å². The summed E-state index contributed by atoms with van der Waals surface area (Å²) in [5.74, 6) is 1.27. The molecule has 0 heterocycles. The van der Waals surface area contributed by atoms with Gasteiger partial charge in [0.05, 0.1) is 21.5 Å². The number of rotatable bonds is 19.